The second-order valence-electron chi connectivity index (χ2n) is 6.26. The first-order chi connectivity index (χ1) is 12.6. The van der Waals surface area contributed by atoms with E-state index in [4.69, 9.17) is 26.3 Å². The van der Waals surface area contributed by atoms with Gasteiger partial charge in [-0.05, 0) is 19.9 Å². The van der Waals surface area contributed by atoms with Crippen molar-refractivity contribution in [2.75, 3.05) is 4.90 Å². The molecule has 9 nitrogen and oxygen atoms in total. The number of rotatable bonds is 2. The minimum atomic E-state index is -1.70. The highest BCUT2D eigenvalue weighted by atomic mass is 35.5. The second-order valence-corrected chi connectivity index (χ2v) is 6.66. The van der Waals surface area contributed by atoms with Crippen molar-refractivity contribution >= 4 is 35.2 Å². The lowest BCUT2D eigenvalue weighted by Gasteiger charge is -2.26. The summed E-state index contributed by atoms with van der Waals surface area (Å²) in [6.07, 6.45) is -3.96. The molecular weight excluding hydrogens is 394 g/mol. The van der Waals surface area contributed by atoms with Gasteiger partial charge in [0.15, 0.2) is 17.7 Å². The van der Waals surface area contributed by atoms with E-state index in [2.05, 4.69) is 10.2 Å². The zero-order chi connectivity index (χ0) is 20.1. The Bertz CT molecular complexity index is 835. The van der Waals surface area contributed by atoms with Crippen LogP contribution >= 0.6 is 11.6 Å². The number of carbonyl (C=O) groups excluding carboxylic acids is 3. The highest BCUT2D eigenvalue weighted by molar-refractivity contribution is 6.31. The monoisotopic (exact) mass is 406 g/mol. The molecule has 0 unspecified atom stereocenters. The Kier molecular flexibility index (Phi) is 4.80. The SMILES string of the molecule is CC1(C)O[C@H]2[C@@H](C(=O)N(C(=O)OO)c3cc(Cl)c(F)cc3F)NC(=O)[C@H]2O1. The number of imide groups is 1. The van der Waals surface area contributed by atoms with Gasteiger partial charge in [-0.15, -0.1) is 0 Å². The van der Waals surface area contributed by atoms with Crippen LogP contribution in [0.15, 0.2) is 12.1 Å². The van der Waals surface area contributed by atoms with Crippen molar-refractivity contribution in [3.8, 4) is 0 Å². The average molecular weight is 407 g/mol. The fraction of sp³-hybridized carbons (Fsp3) is 0.400. The summed E-state index contributed by atoms with van der Waals surface area (Å²) in [6, 6.07) is -0.464. The van der Waals surface area contributed by atoms with Gasteiger partial charge < -0.3 is 14.8 Å². The summed E-state index contributed by atoms with van der Waals surface area (Å²) in [4.78, 5) is 40.4. The molecule has 2 saturated heterocycles. The van der Waals surface area contributed by atoms with E-state index in [0.29, 0.717) is 12.1 Å². The zero-order valence-corrected chi connectivity index (χ0v) is 14.6. The molecule has 2 aliphatic rings. The van der Waals surface area contributed by atoms with E-state index < -0.39 is 64.3 Å². The first-order valence-electron chi connectivity index (χ1n) is 7.55. The van der Waals surface area contributed by atoms with Crippen LogP contribution in [-0.2, 0) is 24.0 Å². The van der Waals surface area contributed by atoms with Crippen LogP contribution in [0.1, 0.15) is 13.8 Å². The summed E-state index contributed by atoms with van der Waals surface area (Å²) in [5, 5.41) is 10.4. The number of ether oxygens (including phenoxy) is 2. The quantitative estimate of drug-likeness (QED) is 0.435. The number of fused-ring (bicyclic) bond motifs is 1. The van der Waals surface area contributed by atoms with E-state index in [1.807, 2.05) is 0 Å². The standard InChI is InChI=1S/C15H13ClF2N2O7/c1-15(2)25-10-9(19-12(21)11(10)26-15)13(22)20(14(23)27-24)8-3-5(16)6(17)4-7(8)18/h3-4,9-11,24H,1-2H3,(H,19,21)/t9-,10-,11-/m0/s1. The third kappa shape index (κ3) is 3.34. The van der Waals surface area contributed by atoms with Crippen LogP contribution in [0.5, 0.6) is 0 Å². The number of hydrogen-bond acceptors (Lipinski definition) is 7. The first kappa shape index (κ1) is 19.4. The number of amides is 3. The molecule has 12 heteroatoms. The number of carbonyl (C=O) groups is 3. The molecule has 3 rings (SSSR count). The van der Waals surface area contributed by atoms with Gasteiger partial charge in [0.25, 0.3) is 11.8 Å². The van der Waals surface area contributed by atoms with Crippen molar-refractivity contribution in [1.29, 1.82) is 0 Å². The van der Waals surface area contributed by atoms with Crippen LogP contribution in [0, 0.1) is 11.6 Å². The summed E-state index contributed by atoms with van der Waals surface area (Å²) < 4.78 is 38.4. The molecular formula is C15H13ClF2N2O7. The van der Waals surface area contributed by atoms with Crippen molar-refractivity contribution in [2.45, 2.75) is 37.9 Å². The predicted octanol–water partition coefficient (Wildman–Crippen LogP) is 1.58. The normalized spacial score (nSPS) is 25.7. The van der Waals surface area contributed by atoms with Gasteiger partial charge in [0.05, 0.1) is 10.7 Å². The lowest BCUT2D eigenvalue weighted by Crippen LogP contribution is -2.52. The van der Waals surface area contributed by atoms with E-state index in [0.717, 1.165) is 0 Å². The maximum atomic E-state index is 14.2. The topological polar surface area (TPSA) is 114 Å². The van der Waals surface area contributed by atoms with Gasteiger partial charge in [0.2, 0.25) is 0 Å². The third-order valence-electron chi connectivity index (χ3n) is 3.99. The highest BCUT2D eigenvalue weighted by Crippen LogP contribution is 2.35. The Morgan fingerprint density at radius 2 is 1.96 bits per heavy atom. The van der Waals surface area contributed by atoms with Crippen molar-refractivity contribution in [1.82, 2.24) is 5.32 Å². The Labute approximate surface area is 155 Å². The van der Waals surface area contributed by atoms with Crippen molar-refractivity contribution in [3.63, 3.8) is 0 Å². The fourth-order valence-corrected chi connectivity index (χ4v) is 3.08. The Hall–Kier alpha value is -2.34. The number of nitrogens with one attached hydrogen (secondary N) is 1. The molecule has 2 heterocycles. The molecule has 1 aromatic rings. The first-order valence-corrected chi connectivity index (χ1v) is 7.93. The second kappa shape index (κ2) is 6.68. The van der Waals surface area contributed by atoms with Crippen LogP contribution in [0.4, 0.5) is 19.3 Å². The molecule has 0 radical (unpaired) electrons. The van der Waals surface area contributed by atoms with Crippen molar-refractivity contribution in [2.24, 2.45) is 0 Å². The number of halogens is 3. The summed E-state index contributed by atoms with van der Waals surface area (Å²) >= 11 is 5.58. The van der Waals surface area contributed by atoms with E-state index >= 15 is 0 Å². The molecule has 3 amide bonds. The fourth-order valence-electron chi connectivity index (χ4n) is 2.93. The largest absolute Gasteiger partial charge is 0.452 e. The van der Waals surface area contributed by atoms with Gasteiger partial charge in [-0.1, -0.05) is 11.6 Å². The predicted molar refractivity (Wildman–Crippen MR) is 83.7 cm³/mol. The summed E-state index contributed by atoms with van der Waals surface area (Å²) in [5.41, 5.74) is -0.790. The van der Waals surface area contributed by atoms with E-state index in [-0.39, 0.29) is 4.90 Å². The number of anilines is 1. The van der Waals surface area contributed by atoms with Crippen molar-refractivity contribution < 1.29 is 42.8 Å². The molecule has 2 fully saturated rings. The third-order valence-corrected chi connectivity index (χ3v) is 4.28. The lowest BCUT2D eigenvalue weighted by atomic mass is 10.1. The van der Waals surface area contributed by atoms with E-state index in [9.17, 15) is 23.2 Å². The maximum absolute atomic E-state index is 14.2. The molecule has 0 bridgehead atoms. The molecule has 2 aliphatic heterocycles. The maximum Gasteiger partial charge on any atom is 0.452 e. The highest BCUT2D eigenvalue weighted by Gasteiger charge is 2.57. The summed E-state index contributed by atoms with van der Waals surface area (Å²) in [7, 11) is 0. The zero-order valence-electron chi connectivity index (χ0n) is 13.9. The van der Waals surface area contributed by atoms with Gasteiger partial charge in [0.1, 0.15) is 18.0 Å². The summed E-state index contributed by atoms with van der Waals surface area (Å²) in [6.45, 7) is 3.03. The smallest absolute Gasteiger partial charge is 0.341 e. The average Bonchev–Trinajstić information content (AvgIpc) is 3.06. The van der Waals surface area contributed by atoms with Crippen LogP contribution in [0.3, 0.4) is 0 Å². The van der Waals surface area contributed by atoms with Gasteiger partial charge >= 0.3 is 6.09 Å². The molecule has 2 N–H and O–H groups in total. The van der Waals surface area contributed by atoms with Crippen LogP contribution in [-0.4, -0.2) is 47.2 Å². The van der Waals surface area contributed by atoms with Gasteiger partial charge in [-0.25, -0.2) is 18.5 Å². The van der Waals surface area contributed by atoms with E-state index in [1.165, 1.54) is 13.8 Å². The number of nitrogens with zero attached hydrogens (tertiary/aromatic N) is 1. The minimum absolute atomic E-state index is 0.0721. The number of hydrogen-bond donors (Lipinski definition) is 2. The van der Waals surface area contributed by atoms with Gasteiger partial charge in [-0.2, -0.15) is 5.26 Å². The molecule has 146 valence electrons. The molecule has 0 aromatic heterocycles. The lowest BCUT2D eigenvalue weighted by molar-refractivity contribution is -0.176. The molecule has 27 heavy (non-hydrogen) atoms. The van der Waals surface area contributed by atoms with Crippen LogP contribution < -0.4 is 10.2 Å². The minimum Gasteiger partial charge on any atom is -0.341 e. The van der Waals surface area contributed by atoms with E-state index in [1.54, 1.807) is 0 Å². The Balaban J connectivity index is 2.00. The Morgan fingerprint density at radius 1 is 1.30 bits per heavy atom. The van der Waals surface area contributed by atoms with Gasteiger partial charge in [0, 0.05) is 6.07 Å². The molecule has 0 aliphatic carbocycles. The molecule has 0 saturated carbocycles. The van der Waals surface area contributed by atoms with Crippen LogP contribution in [0.25, 0.3) is 0 Å². The van der Waals surface area contributed by atoms with Gasteiger partial charge in [-0.3, -0.25) is 14.5 Å². The molecule has 1 aromatic carbocycles. The molecule has 3 atom stereocenters. The van der Waals surface area contributed by atoms with Crippen molar-refractivity contribution in [3.05, 3.63) is 28.8 Å². The Morgan fingerprint density at radius 3 is 2.59 bits per heavy atom. The number of benzene rings is 1. The van der Waals surface area contributed by atoms with Crippen LogP contribution in [0.2, 0.25) is 5.02 Å². The summed E-state index contributed by atoms with van der Waals surface area (Å²) in [5.74, 6) is -5.54. The molecule has 0 spiro atoms.